The van der Waals surface area contributed by atoms with Crippen LogP contribution in [0.15, 0.2) is 72.6 Å². The molecule has 5 rings (SSSR count). The Bertz CT molecular complexity index is 1550. The van der Waals surface area contributed by atoms with Gasteiger partial charge >= 0.3 is 0 Å². The van der Waals surface area contributed by atoms with Gasteiger partial charge < -0.3 is 10.1 Å². The van der Waals surface area contributed by atoms with Crippen molar-refractivity contribution in [2.75, 3.05) is 0 Å². The predicted molar refractivity (Wildman–Crippen MR) is 168 cm³/mol. The number of carbonyl (C=O) groups is 1. The number of pyridine rings is 1. The first-order valence-corrected chi connectivity index (χ1v) is 14.5. The molecule has 0 saturated heterocycles. The number of ketones is 1. The van der Waals surface area contributed by atoms with E-state index in [1.807, 2.05) is 33.9 Å². The number of nitrogens with zero attached hydrogens (tertiary/aromatic N) is 1. The van der Waals surface area contributed by atoms with Crippen LogP contribution in [0.3, 0.4) is 0 Å². The van der Waals surface area contributed by atoms with Gasteiger partial charge in [-0.05, 0) is 63.4 Å². The maximum absolute atomic E-state index is 11.2. The molecule has 1 heterocycles. The van der Waals surface area contributed by atoms with Gasteiger partial charge in [-0.1, -0.05) is 96.0 Å². The number of benzene rings is 3. The van der Waals surface area contributed by atoms with Crippen LogP contribution in [0, 0.1) is 30.7 Å². The summed E-state index contributed by atoms with van der Waals surface area (Å²) >= 11 is 0. The molecule has 1 aromatic heterocycles. The Balaban J connectivity index is 0.000000284. The molecule has 3 aromatic carbocycles. The van der Waals surface area contributed by atoms with E-state index in [0.717, 1.165) is 17.7 Å². The molecule has 3 nitrogen and oxygen atoms in total. The van der Waals surface area contributed by atoms with E-state index in [-0.39, 0.29) is 31.6 Å². The van der Waals surface area contributed by atoms with E-state index in [4.69, 9.17) is 4.98 Å². The zero-order chi connectivity index (χ0) is 29.0. The zero-order valence-electron chi connectivity index (χ0n) is 25.3. The SMILES string of the molecule is CC(C)CC(=O)/C=C(\O)CC(C)C.Cc1c[c-]c2c(c1)-c1ccccc1-c1cc(CC(C)C)cc3ccnc-2c13.[Ir]. The molecule has 0 fully saturated rings. The number of carbonyl (C=O) groups excluding carboxylic acids is 1. The topological polar surface area (TPSA) is 50.2 Å². The molecule has 0 unspecified atom stereocenters. The Morgan fingerprint density at radius 2 is 1.54 bits per heavy atom. The van der Waals surface area contributed by atoms with E-state index in [2.05, 4.69) is 81.4 Å². The molecule has 0 aliphatic heterocycles. The van der Waals surface area contributed by atoms with Gasteiger partial charge in [-0.25, -0.2) is 0 Å². The first kappa shape index (κ1) is 32.4. The van der Waals surface area contributed by atoms with Crippen LogP contribution in [0.25, 0.3) is 44.3 Å². The Kier molecular flexibility index (Phi) is 11.2. The number of hydrogen-bond donors (Lipinski definition) is 1. The van der Waals surface area contributed by atoms with E-state index >= 15 is 0 Å². The number of aryl methyl sites for hydroxylation is 1. The molecular weight excluding hydrogens is 683 g/mol. The number of aromatic nitrogens is 1. The molecule has 0 spiro atoms. The standard InChI is InChI=1S/C26H22N.C11H20O2.Ir/c1-16(2)12-18-14-19-10-11-27-26-22-9-8-17(3)13-23(22)20-6-4-5-7-21(20)24(15-18)25(19)26;1-8(2)5-10(12)7-11(13)6-9(3)4;/h4-8,10-11,13-16H,12H2,1-3H3;7-9,12H,5-6H2,1-4H3;/q-1;;/b;10-7-;. The van der Waals surface area contributed by atoms with E-state index in [1.165, 1.54) is 50.2 Å². The van der Waals surface area contributed by atoms with Crippen LogP contribution in [0.1, 0.15) is 65.5 Å². The fraction of sp³-hybridized carbons (Fsp3) is 0.351. The third-order valence-corrected chi connectivity index (χ3v) is 6.95. The van der Waals surface area contributed by atoms with Crippen LogP contribution >= 0.6 is 0 Å². The minimum Gasteiger partial charge on any atom is -0.512 e. The van der Waals surface area contributed by atoms with Crippen LogP contribution in [0.4, 0.5) is 0 Å². The second kappa shape index (κ2) is 14.2. The number of aliphatic hydroxyl groups excluding tert-OH is 1. The predicted octanol–water partition coefficient (Wildman–Crippen LogP) is 9.94. The van der Waals surface area contributed by atoms with Crippen molar-refractivity contribution in [1.29, 1.82) is 0 Å². The molecule has 4 aromatic rings. The van der Waals surface area contributed by atoms with Crippen LogP contribution < -0.4 is 0 Å². The molecule has 41 heavy (non-hydrogen) atoms. The van der Waals surface area contributed by atoms with E-state index < -0.39 is 0 Å². The van der Waals surface area contributed by atoms with Crippen molar-refractivity contribution in [2.45, 2.75) is 67.7 Å². The number of aliphatic hydroxyl groups is 1. The molecule has 1 N–H and O–H groups in total. The second-order valence-electron chi connectivity index (χ2n) is 12.3. The molecule has 1 radical (unpaired) electrons. The van der Waals surface area contributed by atoms with Gasteiger partial charge in [0.25, 0.3) is 0 Å². The van der Waals surface area contributed by atoms with Crippen molar-refractivity contribution in [3.8, 4) is 33.5 Å². The number of allylic oxidation sites excluding steroid dienone is 2. The summed E-state index contributed by atoms with van der Waals surface area (Å²) in [7, 11) is 0. The van der Waals surface area contributed by atoms with Gasteiger partial charge in [0.15, 0.2) is 5.78 Å². The molecule has 0 bridgehead atoms. The van der Waals surface area contributed by atoms with Gasteiger partial charge in [-0.3, -0.25) is 4.79 Å². The first-order valence-electron chi connectivity index (χ1n) is 14.5. The minimum atomic E-state index is 0. The molecule has 0 saturated carbocycles. The van der Waals surface area contributed by atoms with Crippen molar-refractivity contribution in [3.05, 3.63) is 89.8 Å². The summed E-state index contributed by atoms with van der Waals surface area (Å²) in [5, 5.41) is 11.9. The van der Waals surface area contributed by atoms with Gasteiger partial charge in [0.05, 0.1) is 5.76 Å². The summed E-state index contributed by atoms with van der Waals surface area (Å²) in [6.45, 7) is 14.7. The van der Waals surface area contributed by atoms with E-state index in [9.17, 15) is 9.90 Å². The third kappa shape index (κ3) is 8.03. The third-order valence-electron chi connectivity index (χ3n) is 6.95. The van der Waals surface area contributed by atoms with Crippen LogP contribution in [-0.2, 0) is 31.3 Å². The van der Waals surface area contributed by atoms with Gasteiger partial charge in [-0.15, -0.1) is 29.3 Å². The largest absolute Gasteiger partial charge is 0.512 e. The van der Waals surface area contributed by atoms with Gasteiger partial charge in [0, 0.05) is 45.2 Å². The summed E-state index contributed by atoms with van der Waals surface area (Å²) in [4.78, 5) is 16.0. The van der Waals surface area contributed by atoms with Gasteiger partial charge in [-0.2, -0.15) is 0 Å². The summed E-state index contributed by atoms with van der Waals surface area (Å²) < 4.78 is 0. The van der Waals surface area contributed by atoms with Crippen LogP contribution in [0.2, 0.25) is 0 Å². The molecule has 217 valence electrons. The Morgan fingerprint density at radius 3 is 2.17 bits per heavy atom. The van der Waals surface area contributed by atoms with Crippen molar-refractivity contribution in [1.82, 2.24) is 4.98 Å². The van der Waals surface area contributed by atoms with E-state index in [0.29, 0.717) is 30.6 Å². The smallest absolute Gasteiger partial charge is 0.159 e. The average molecular weight is 725 g/mol. The second-order valence-corrected chi connectivity index (χ2v) is 12.3. The monoisotopic (exact) mass is 725 g/mol. The normalized spacial score (nSPS) is 11.9. The van der Waals surface area contributed by atoms with Crippen molar-refractivity contribution in [3.63, 3.8) is 0 Å². The van der Waals surface area contributed by atoms with Gasteiger partial charge in [0.1, 0.15) is 0 Å². The van der Waals surface area contributed by atoms with Gasteiger partial charge in [0.2, 0.25) is 0 Å². The Labute approximate surface area is 259 Å². The molecule has 0 atom stereocenters. The number of rotatable bonds is 7. The van der Waals surface area contributed by atoms with Crippen LogP contribution in [-0.4, -0.2) is 15.9 Å². The zero-order valence-corrected chi connectivity index (χ0v) is 27.7. The minimum absolute atomic E-state index is 0. The first-order chi connectivity index (χ1) is 19.0. The molecule has 1 aliphatic carbocycles. The number of fused-ring (bicyclic) bond motifs is 5. The maximum atomic E-state index is 11.2. The van der Waals surface area contributed by atoms with Crippen LogP contribution in [0.5, 0.6) is 0 Å². The van der Waals surface area contributed by atoms with Crippen molar-refractivity contribution >= 4 is 16.6 Å². The molecular formula is C37H42IrNO2-. The summed E-state index contributed by atoms with van der Waals surface area (Å²) in [6.07, 6.45) is 5.49. The Morgan fingerprint density at radius 1 is 0.878 bits per heavy atom. The molecule has 0 amide bonds. The molecule has 4 heteroatoms. The molecule has 1 aliphatic rings. The van der Waals surface area contributed by atoms with Crippen molar-refractivity contribution < 1.29 is 30.0 Å². The summed E-state index contributed by atoms with van der Waals surface area (Å²) in [6, 6.07) is 23.5. The Hall–Kier alpha value is -3.07. The average Bonchev–Trinajstić information content (AvgIpc) is 2.97. The summed E-state index contributed by atoms with van der Waals surface area (Å²) in [5.41, 5.74) is 9.86. The van der Waals surface area contributed by atoms with Crippen molar-refractivity contribution in [2.24, 2.45) is 17.8 Å². The fourth-order valence-corrected chi connectivity index (χ4v) is 5.46. The summed E-state index contributed by atoms with van der Waals surface area (Å²) in [5.74, 6) is 1.61. The maximum Gasteiger partial charge on any atom is 0.159 e. The fourth-order valence-electron chi connectivity index (χ4n) is 5.46. The van der Waals surface area contributed by atoms with E-state index in [1.54, 1.807) is 0 Å². The quantitative estimate of drug-likeness (QED) is 0.103. The number of hydrogen-bond acceptors (Lipinski definition) is 3.